The van der Waals surface area contributed by atoms with E-state index in [0.717, 1.165) is 25.7 Å². The summed E-state index contributed by atoms with van der Waals surface area (Å²) in [7, 11) is 1.18. The topological polar surface area (TPSA) is 52.6 Å². The van der Waals surface area contributed by atoms with E-state index in [0.29, 0.717) is 0 Å². The van der Waals surface area contributed by atoms with Crippen molar-refractivity contribution >= 4 is 11.9 Å². The Morgan fingerprint density at radius 1 is 1.27 bits per heavy atom. The zero-order valence-electron chi connectivity index (χ0n) is 9.54. The van der Waals surface area contributed by atoms with Crippen LogP contribution in [0.2, 0.25) is 0 Å². The molecule has 1 rings (SSSR count). The number of esters is 2. The predicted molar refractivity (Wildman–Crippen MR) is 54.1 cm³/mol. The van der Waals surface area contributed by atoms with Gasteiger partial charge in [-0.3, -0.25) is 0 Å². The number of rotatable bonds is 1. The van der Waals surface area contributed by atoms with Crippen molar-refractivity contribution in [2.75, 3.05) is 7.11 Å². The van der Waals surface area contributed by atoms with Crippen LogP contribution in [0.25, 0.3) is 0 Å². The maximum absolute atomic E-state index is 11.2. The summed E-state index contributed by atoms with van der Waals surface area (Å²) in [5, 5.41) is 0. The smallest absolute Gasteiger partial charge is 0.417 e. The molecule has 0 N–H and O–H groups in total. The van der Waals surface area contributed by atoms with Crippen LogP contribution < -0.4 is 0 Å². The summed E-state index contributed by atoms with van der Waals surface area (Å²) in [4.78, 5) is 22.0. The van der Waals surface area contributed by atoms with Crippen molar-refractivity contribution in [1.82, 2.24) is 0 Å². The molecular formula is C11H18O4. The van der Waals surface area contributed by atoms with E-state index in [1.807, 2.05) is 0 Å². The highest BCUT2D eigenvalue weighted by Crippen LogP contribution is 2.36. The van der Waals surface area contributed by atoms with E-state index in [1.165, 1.54) is 7.11 Å². The van der Waals surface area contributed by atoms with Crippen molar-refractivity contribution in [3.05, 3.63) is 0 Å². The summed E-state index contributed by atoms with van der Waals surface area (Å²) < 4.78 is 9.36. The molecule has 0 aromatic heterocycles. The molecular weight excluding hydrogens is 196 g/mol. The molecule has 86 valence electrons. The molecule has 4 heteroatoms. The van der Waals surface area contributed by atoms with Gasteiger partial charge in [0.15, 0.2) is 0 Å². The maximum Gasteiger partial charge on any atom is 0.417 e. The SMILES string of the molecule is COC(=O)C(=O)OC1CCCC(C)(C)C1. The summed E-state index contributed by atoms with van der Waals surface area (Å²) in [5.74, 6) is -1.79. The molecule has 0 aliphatic heterocycles. The van der Waals surface area contributed by atoms with Crippen molar-refractivity contribution in [2.24, 2.45) is 5.41 Å². The lowest BCUT2D eigenvalue weighted by atomic mass is 9.76. The largest absolute Gasteiger partial charge is 0.461 e. The van der Waals surface area contributed by atoms with Gasteiger partial charge < -0.3 is 9.47 Å². The summed E-state index contributed by atoms with van der Waals surface area (Å²) in [5.41, 5.74) is 0.194. The summed E-state index contributed by atoms with van der Waals surface area (Å²) in [6.45, 7) is 4.29. The Bertz CT molecular complexity index is 257. The normalized spacial score (nSPS) is 24.3. The zero-order chi connectivity index (χ0) is 11.5. The van der Waals surface area contributed by atoms with Gasteiger partial charge in [-0.15, -0.1) is 0 Å². The van der Waals surface area contributed by atoms with E-state index in [4.69, 9.17) is 4.74 Å². The van der Waals surface area contributed by atoms with Crippen LogP contribution in [0.15, 0.2) is 0 Å². The molecule has 15 heavy (non-hydrogen) atoms. The molecule has 1 atom stereocenters. The standard InChI is InChI=1S/C11H18O4/c1-11(2)6-4-5-8(7-11)15-10(13)9(12)14-3/h8H,4-7H2,1-3H3. The molecule has 1 aliphatic carbocycles. The van der Waals surface area contributed by atoms with Crippen molar-refractivity contribution in [3.8, 4) is 0 Å². The quantitative estimate of drug-likeness (QED) is 0.492. The molecule has 0 spiro atoms. The Kier molecular flexibility index (Phi) is 3.72. The minimum absolute atomic E-state index is 0.139. The molecule has 1 unspecified atom stereocenters. The first kappa shape index (κ1) is 12.0. The van der Waals surface area contributed by atoms with E-state index >= 15 is 0 Å². The number of hydrogen-bond donors (Lipinski definition) is 0. The van der Waals surface area contributed by atoms with Gasteiger partial charge in [-0.1, -0.05) is 13.8 Å². The lowest BCUT2D eigenvalue weighted by molar-refractivity contribution is -0.171. The molecule has 0 bridgehead atoms. The first-order valence-electron chi connectivity index (χ1n) is 5.23. The third kappa shape index (κ3) is 3.53. The molecule has 0 saturated heterocycles. The Morgan fingerprint density at radius 3 is 2.47 bits per heavy atom. The van der Waals surface area contributed by atoms with E-state index in [1.54, 1.807) is 0 Å². The Labute approximate surface area is 89.9 Å². The minimum Gasteiger partial charge on any atom is -0.461 e. The summed E-state index contributed by atoms with van der Waals surface area (Å²) in [6, 6.07) is 0. The number of carbonyl (C=O) groups excluding carboxylic acids is 2. The van der Waals surface area contributed by atoms with Gasteiger partial charge in [0.05, 0.1) is 7.11 Å². The van der Waals surface area contributed by atoms with Crippen LogP contribution in [0.5, 0.6) is 0 Å². The second-order valence-electron chi connectivity index (χ2n) is 4.78. The van der Waals surface area contributed by atoms with Crippen LogP contribution in [0, 0.1) is 5.41 Å². The van der Waals surface area contributed by atoms with E-state index in [-0.39, 0.29) is 11.5 Å². The van der Waals surface area contributed by atoms with Crippen LogP contribution in [0.4, 0.5) is 0 Å². The molecule has 0 heterocycles. The first-order valence-corrected chi connectivity index (χ1v) is 5.23. The number of ether oxygens (including phenoxy) is 2. The average Bonchev–Trinajstić information content (AvgIpc) is 2.14. The van der Waals surface area contributed by atoms with Gasteiger partial charge in [-0.2, -0.15) is 0 Å². The van der Waals surface area contributed by atoms with E-state index < -0.39 is 11.9 Å². The molecule has 0 aromatic carbocycles. The number of methoxy groups -OCH3 is 1. The van der Waals surface area contributed by atoms with Gasteiger partial charge in [-0.05, 0) is 31.1 Å². The third-order valence-electron chi connectivity index (χ3n) is 2.79. The van der Waals surface area contributed by atoms with Gasteiger partial charge in [0.25, 0.3) is 0 Å². The van der Waals surface area contributed by atoms with Crippen LogP contribution in [-0.2, 0) is 19.1 Å². The van der Waals surface area contributed by atoms with Crippen LogP contribution >= 0.6 is 0 Å². The zero-order valence-corrected chi connectivity index (χ0v) is 9.54. The lowest BCUT2D eigenvalue weighted by Gasteiger charge is -2.34. The fourth-order valence-electron chi connectivity index (χ4n) is 2.01. The summed E-state index contributed by atoms with van der Waals surface area (Å²) >= 11 is 0. The lowest BCUT2D eigenvalue weighted by Crippen LogP contribution is -2.32. The van der Waals surface area contributed by atoms with Crippen LogP contribution in [-0.4, -0.2) is 25.2 Å². The van der Waals surface area contributed by atoms with E-state index in [9.17, 15) is 9.59 Å². The minimum atomic E-state index is -0.918. The highest BCUT2D eigenvalue weighted by Gasteiger charge is 2.31. The second-order valence-corrected chi connectivity index (χ2v) is 4.78. The van der Waals surface area contributed by atoms with Gasteiger partial charge in [0, 0.05) is 0 Å². The monoisotopic (exact) mass is 214 g/mol. The first-order chi connectivity index (χ1) is 6.94. The Hall–Kier alpha value is -1.06. The summed E-state index contributed by atoms with van der Waals surface area (Å²) in [6.07, 6.45) is 3.69. The third-order valence-corrected chi connectivity index (χ3v) is 2.79. The Morgan fingerprint density at radius 2 is 1.93 bits per heavy atom. The van der Waals surface area contributed by atoms with Gasteiger partial charge >= 0.3 is 11.9 Å². The van der Waals surface area contributed by atoms with E-state index in [2.05, 4.69) is 18.6 Å². The average molecular weight is 214 g/mol. The van der Waals surface area contributed by atoms with Crippen LogP contribution in [0.1, 0.15) is 39.5 Å². The van der Waals surface area contributed by atoms with Crippen molar-refractivity contribution in [3.63, 3.8) is 0 Å². The predicted octanol–water partition coefficient (Wildman–Crippen LogP) is 1.67. The maximum atomic E-state index is 11.2. The highest BCUT2D eigenvalue weighted by molar-refractivity contribution is 6.29. The molecule has 1 saturated carbocycles. The Balaban J connectivity index is 2.45. The van der Waals surface area contributed by atoms with Gasteiger partial charge in [0.2, 0.25) is 0 Å². The molecule has 4 nitrogen and oxygen atoms in total. The number of carbonyl (C=O) groups is 2. The molecule has 1 aliphatic rings. The van der Waals surface area contributed by atoms with Gasteiger partial charge in [-0.25, -0.2) is 9.59 Å². The molecule has 0 aromatic rings. The molecule has 0 radical (unpaired) electrons. The van der Waals surface area contributed by atoms with Crippen LogP contribution in [0.3, 0.4) is 0 Å². The van der Waals surface area contributed by atoms with Crippen molar-refractivity contribution in [2.45, 2.75) is 45.6 Å². The van der Waals surface area contributed by atoms with Crippen molar-refractivity contribution in [1.29, 1.82) is 0 Å². The fraction of sp³-hybridized carbons (Fsp3) is 0.818. The van der Waals surface area contributed by atoms with Crippen molar-refractivity contribution < 1.29 is 19.1 Å². The number of hydrogen-bond acceptors (Lipinski definition) is 4. The molecule has 1 fully saturated rings. The molecule has 0 amide bonds. The van der Waals surface area contributed by atoms with Gasteiger partial charge in [0.1, 0.15) is 6.10 Å². The second kappa shape index (κ2) is 4.64. The fourth-order valence-corrected chi connectivity index (χ4v) is 2.01. The highest BCUT2D eigenvalue weighted by atomic mass is 16.6.